The summed E-state index contributed by atoms with van der Waals surface area (Å²) in [5, 5.41) is 11.2. The fourth-order valence-corrected chi connectivity index (χ4v) is 3.10. The van der Waals surface area contributed by atoms with Gasteiger partial charge in [0.15, 0.2) is 0 Å². The second-order valence-corrected chi connectivity index (χ2v) is 6.93. The standard InChI is InChI=1S/C21H25FN4O/c1-26(2)13-7-3-6-12-23-19-14-15(10-11-18(19)22)20-16-8-4-5-9-17(16)21(27)25-24-20/h4-5,8-11,14,23H,3,6-7,12-13H2,1-2H3,(H,25,27). The second kappa shape index (κ2) is 8.77. The first-order chi connectivity index (χ1) is 13.1. The van der Waals surface area contributed by atoms with Crippen molar-refractivity contribution in [1.82, 2.24) is 15.1 Å². The average Bonchev–Trinajstić information content (AvgIpc) is 2.66. The summed E-state index contributed by atoms with van der Waals surface area (Å²) in [5.74, 6) is -0.291. The Morgan fingerprint density at radius 2 is 1.85 bits per heavy atom. The number of nitrogens with zero attached hydrogens (tertiary/aromatic N) is 2. The molecule has 2 aromatic carbocycles. The van der Waals surface area contributed by atoms with E-state index in [4.69, 9.17) is 0 Å². The van der Waals surface area contributed by atoms with Crippen LogP contribution in [-0.4, -0.2) is 42.3 Å². The van der Waals surface area contributed by atoms with Crippen LogP contribution in [0.4, 0.5) is 10.1 Å². The van der Waals surface area contributed by atoms with Gasteiger partial charge in [0.2, 0.25) is 0 Å². The van der Waals surface area contributed by atoms with E-state index in [9.17, 15) is 9.18 Å². The molecular weight excluding hydrogens is 343 g/mol. The zero-order valence-corrected chi connectivity index (χ0v) is 15.8. The average molecular weight is 368 g/mol. The lowest BCUT2D eigenvalue weighted by atomic mass is 10.0. The van der Waals surface area contributed by atoms with Gasteiger partial charge in [-0.2, -0.15) is 5.10 Å². The van der Waals surface area contributed by atoms with Crippen LogP contribution in [0.3, 0.4) is 0 Å². The number of halogens is 1. The smallest absolute Gasteiger partial charge is 0.272 e. The molecule has 1 aromatic heterocycles. The molecule has 2 N–H and O–H groups in total. The highest BCUT2D eigenvalue weighted by atomic mass is 19.1. The summed E-state index contributed by atoms with van der Waals surface area (Å²) in [6, 6.07) is 12.2. The largest absolute Gasteiger partial charge is 0.383 e. The molecule has 0 amide bonds. The molecule has 0 radical (unpaired) electrons. The Morgan fingerprint density at radius 1 is 1.07 bits per heavy atom. The molecule has 142 valence electrons. The molecule has 0 saturated heterocycles. The molecule has 0 aliphatic heterocycles. The van der Waals surface area contributed by atoms with Crippen molar-refractivity contribution in [2.45, 2.75) is 19.3 Å². The van der Waals surface area contributed by atoms with Gasteiger partial charge < -0.3 is 10.2 Å². The van der Waals surface area contributed by atoms with Crippen molar-refractivity contribution in [3.63, 3.8) is 0 Å². The highest BCUT2D eigenvalue weighted by Crippen LogP contribution is 2.27. The minimum Gasteiger partial charge on any atom is -0.383 e. The second-order valence-electron chi connectivity index (χ2n) is 6.93. The van der Waals surface area contributed by atoms with Crippen molar-refractivity contribution in [3.8, 4) is 11.3 Å². The van der Waals surface area contributed by atoms with E-state index in [1.54, 1.807) is 18.2 Å². The maximum Gasteiger partial charge on any atom is 0.272 e. The number of hydrogen-bond acceptors (Lipinski definition) is 4. The number of aromatic amines is 1. The zero-order valence-electron chi connectivity index (χ0n) is 15.8. The molecule has 3 aromatic rings. The number of rotatable bonds is 8. The van der Waals surface area contributed by atoms with Crippen LogP contribution in [0.25, 0.3) is 22.0 Å². The lowest BCUT2D eigenvalue weighted by Crippen LogP contribution is -2.13. The number of anilines is 1. The molecule has 6 heteroatoms. The van der Waals surface area contributed by atoms with E-state index in [1.165, 1.54) is 6.07 Å². The van der Waals surface area contributed by atoms with Crippen LogP contribution in [0.15, 0.2) is 47.3 Å². The number of unbranched alkanes of at least 4 members (excludes halogenated alkanes) is 2. The topological polar surface area (TPSA) is 61.0 Å². The van der Waals surface area contributed by atoms with Gasteiger partial charge in [0, 0.05) is 17.5 Å². The summed E-state index contributed by atoms with van der Waals surface area (Å²) in [4.78, 5) is 14.1. The Hall–Kier alpha value is -2.73. The van der Waals surface area contributed by atoms with Gasteiger partial charge >= 0.3 is 0 Å². The zero-order chi connectivity index (χ0) is 19.2. The first-order valence-electron chi connectivity index (χ1n) is 9.22. The number of aromatic nitrogens is 2. The molecule has 0 unspecified atom stereocenters. The summed E-state index contributed by atoms with van der Waals surface area (Å²) in [7, 11) is 4.13. The number of hydrogen-bond donors (Lipinski definition) is 2. The SMILES string of the molecule is CN(C)CCCCCNc1cc(-c2n[nH]c(=O)c3ccccc23)ccc1F. The first kappa shape index (κ1) is 19.0. The third-order valence-electron chi connectivity index (χ3n) is 4.53. The van der Waals surface area contributed by atoms with Crippen molar-refractivity contribution >= 4 is 16.5 Å². The number of H-pyrrole nitrogens is 1. The fourth-order valence-electron chi connectivity index (χ4n) is 3.10. The molecule has 3 rings (SSSR count). The molecule has 0 spiro atoms. The Labute approximate surface area is 158 Å². The lowest BCUT2D eigenvalue weighted by Gasteiger charge is -2.11. The Kier molecular flexibility index (Phi) is 6.19. The number of fused-ring (bicyclic) bond motifs is 1. The molecule has 0 aliphatic rings. The van der Waals surface area contributed by atoms with Crippen LogP contribution in [0.2, 0.25) is 0 Å². The van der Waals surface area contributed by atoms with Crippen LogP contribution in [0, 0.1) is 5.82 Å². The summed E-state index contributed by atoms with van der Waals surface area (Å²) in [6.07, 6.45) is 3.21. The van der Waals surface area contributed by atoms with Gasteiger partial charge in [-0.05, 0) is 57.7 Å². The normalized spacial score (nSPS) is 11.3. The summed E-state index contributed by atoms with van der Waals surface area (Å²) >= 11 is 0. The Morgan fingerprint density at radius 3 is 2.63 bits per heavy atom. The number of nitrogens with one attached hydrogen (secondary N) is 2. The van der Waals surface area contributed by atoms with E-state index in [-0.39, 0.29) is 11.4 Å². The van der Waals surface area contributed by atoms with E-state index in [0.717, 1.165) is 36.8 Å². The van der Waals surface area contributed by atoms with Crippen molar-refractivity contribution in [2.24, 2.45) is 0 Å². The van der Waals surface area contributed by atoms with E-state index in [2.05, 4.69) is 34.5 Å². The molecule has 27 heavy (non-hydrogen) atoms. The minimum absolute atomic E-state index is 0.229. The molecule has 5 nitrogen and oxygen atoms in total. The van der Waals surface area contributed by atoms with E-state index in [0.29, 0.717) is 23.3 Å². The van der Waals surface area contributed by atoms with E-state index < -0.39 is 0 Å². The molecule has 0 atom stereocenters. The van der Waals surface area contributed by atoms with Gasteiger partial charge in [-0.3, -0.25) is 4.79 Å². The van der Waals surface area contributed by atoms with E-state index in [1.807, 2.05) is 18.2 Å². The summed E-state index contributed by atoms with van der Waals surface area (Å²) in [6.45, 7) is 1.78. The van der Waals surface area contributed by atoms with Gasteiger partial charge in [-0.25, -0.2) is 9.49 Å². The fraction of sp³-hybridized carbons (Fsp3) is 0.333. The van der Waals surface area contributed by atoms with Crippen LogP contribution >= 0.6 is 0 Å². The predicted molar refractivity (Wildman–Crippen MR) is 109 cm³/mol. The first-order valence-corrected chi connectivity index (χ1v) is 9.22. The quantitative estimate of drug-likeness (QED) is 0.593. The van der Waals surface area contributed by atoms with Crippen LogP contribution in [0.1, 0.15) is 19.3 Å². The van der Waals surface area contributed by atoms with Crippen molar-refractivity contribution in [1.29, 1.82) is 0 Å². The lowest BCUT2D eigenvalue weighted by molar-refractivity contribution is 0.392. The van der Waals surface area contributed by atoms with Crippen molar-refractivity contribution in [3.05, 3.63) is 58.6 Å². The molecule has 0 saturated carbocycles. The van der Waals surface area contributed by atoms with Gasteiger partial charge in [-0.1, -0.05) is 24.6 Å². The van der Waals surface area contributed by atoms with Gasteiger partial charge in [0.25, 0.3) is 5.56 Å². The molecule has 0 bridgehead atoms. The van der Waals surface area contributed by atoms with Crippen LogP contribution in [0.5, 0.6) is 0 Å². The third kappa shape index (κ3) is 4.71. The minimum atomic E-state index is -0.291. The predicted octanol–water partition coefficient (Wildman–Crippen LogP) is 3.87. The van der Waals surface area contributed by atoms with Crippen LogP contribution in [-0.2, 0) is 0 Å². The van der Waals surface area contributed by atoms with Crippen molar-refractivity contribution < 1.29 is 4.39 Å². The third-order valence-corrected chi connectivity index (χ3v) is 4.53. The highest BCUT2D eigenvalue weighted by molar-refractivity contribution is 5.94. The van der Waals surface area contributed by atoms with Gasteiger partial charge in [0.1, 0.15) is 5.82 Å². The van der Waals surface area contributed by atoms with Gasteiger partial charge in [-0.15, -0.1) is 0 Å². The van der Waals surface area contributed by atoms with Gasteiger partial charge in [0.05, 0.1) is 16.8 Å². The van der Waals surface area contributed by atoms with Crippen molar-refractivity contribution in [2.75, 3.05) is 32.5 Å². The molecule has 0 aliphatic carbocycles. The molecule has 0 fully saturated rings. The maximum absolute atomic E-state index is 14.2. The number of benzene rings is 2. The molecular formula is C21H25FN4O. The summed E-state index contributed by atoms with van der Waals surface area (Å²) in [5.41, 5.74) is 1.63. The summed E-state index contributed by atoms with van der Waals surface area (Å²) < 4.78 is 14.2. The monoisotopic (exact) mass is 368 g/mol. The van der Waals surface area contributed by atoms with E-state index >= 15 is 0 Å². The highest BCUT2D eigenvalue weighted by Gasteiger charge is 2.11. The Bertz CT molecular complexity index is 968. The maximum atomic E-state index is 14.2. The van der Waals surface area contributed by atoms with Crippen LogP contribution < -0.4 is 10.9 Å². The molecule has 1 heterocycles. The Balaban J connectivity index is 1.76.